The van der Waals surface area contributed by atoms with Crippen LogP contribution in [0.2, 0.25) is 0 Å². The van der Waals surface area contributed by atoms with Crippen LogP contribution >= 0.6 is 0 Å². The lowest BCUT2D eigenvalue weighted by atomic mass is 9.60. The third-order valence-corrected chi connectivity index (χ3v) is 5.91. The van der Waals surface area contributed by atoms with Crippen molar-refractivity contribution in [2.24, 2.45) is 5.41 Å². The minimum atomic E-state index is 0.103. The highest BCUT2D eigenvalue weighted by atomic mass is 16.5. The zero-order valence-corrected chi connectivity index (χ0v) is 14.2. The van der Waals surface area contributed by atoms with Crippen molar-refractivity contribution in [3.63, 3.8) is 0 Å². The van der Waals surface area contributed by atoms with Gasteiger partial charge < -0.3 is 15.0 Å². The SMILES string of the molecule is CCO[C@H]1C[C@H](NC(=O)Cc2c[nH]c3ncccc23)C12CCCC2. The van der Waals surface area contributed by atoms with Gasteiger partial charge in [-0.25, -0.2) is 4.98 Å². The van der Waals surface area contributed by atoms with Crippen LogP contribution in [0.5, 0.6) is 0 Å². The van der Waals surface area contributed by atoms with Crippen molar-refractivity contribution in [2.75, 3.05) is 6.61 Å². The maximum Gasteiger partial charge on any atom is 0.224 e. The van der Waals surface area contributed by atoms with Gasteiger partial charge in [0.1, 0.15) is 5.65 Å². The first-order chi connectivity index (χ1) is 11.7. The van der Waals surface area contributed by atoms with Crippen molar-refractivity contribution in [2.45, 2.75) is 57.6 Å². The van der Waals surface area contributed by atoms with Gasteiger partial charge in [0.25, 0.3) is 0 Å². The number of rotatable bonds is 5. The lowest BCUT2D eigenvalue weighted by Gasteiger charge is -2.54. The fourth-order valence-corrected chi connectivity index (χ4v) is 4.67. The summed E-state index contributed by atoms with van der Waals surface area (Å²) in [4.78, 5) is 20.0. The van der Waals surface area contributed by atoms with Gasteiger partial charge in [0.15, 0.2) is 0 Å². The van der Waals surface area contributed by atoms with E-state index in [9.17, 15) is 4.79 Å². The predicted octanol–water partition coefficient (Wildman–Crippen LogP) is 2.96. The number of pyridine rings is 1. The molecule has 2 heterocycles. The van der Waals surface area contributed by atoms with Gasteiger partial charge in [-0.2, -0.15) is 0 Å². The first-order valence-electron chi connectivity index (χ1n) is 9.05. The molecule has 0 aromatic carbocycles. The average Bonchev–Trinajstić information content (AvgIpc) is 3.23. The fourth-order valence-electron chi connectivity index (χ4n) is 4.67. The highest BCUT2D eigenvalue weighted by molar-refractivity contribution is 5.87. The number of hydrogen-bond acceptors (Lipinski definition) is 3. The molecule has 0 saturated heterocycles. The molecule has 0 unspecified atom stereocenters. The van der Waals surface area contributed by atoms with Crippen LogP contribution < -0.4 is 5.32 Å². The van der Waals surface area contributed by atoms with E-state index in [1.54, 1.807) is 6.20 Å². The van der Waals surface area contributed by atoms with Gasteiger partial charge in [0, 0.05) is 35.8 Å². The molecule has 2 aliphatic carbocycles. The number of nitrogens with one attached hydrogen (secondary N) is 2. The summed E-state index contributed by atoms with van der Waals surface area (Å²) >= 11 is 0. The van der Waals surface area contributed by atoms with E-state index in [0.29, 0.717) is 12.5 Å². The number of H-pyrrole nitrogens is 1. The van der Waals surface area contributed by atoms with Gasteiger partial charge in [-0.15, -0.1) is 0 Å². The molecule has 1 spiro atoms. The van der Waals surface area contributed by atoms with Crippen molar-refractivity contribution >= 4 is 16.9 Å². The van der Waals surface area contributed by atoms with Crippen LogP contribution in [0, 0.1) is 5.41 Å². The van der Waals surface area contributed by atoms with E-state index >= 15 is 0 Å². The molecule has 4 rings (SSSR count). The minimum Gasteiger partial charge on any atom is -0.378 e. The summed E-state index contributed by atoms with van der Waals surface area (Å²) in [7, 11) is 0. The quantitative estimate of drug-likeness (QED) is 0.887. The molecule has 0 bridgehead atoms. The largest absolute Gasteiger partial charge is 0.378 e. The van der Waals surface area contributed by atoms with Crippen molar-refractivity contribution in [1.82, 2.24) is 15.3 Å². The number of aromatic amines is 1. The zero-order valence-electron chi connectivity index (χ0n) is 14.2. The molecule has 5 nitrogen and oxygen atoms in total. The maximum absolute atomic E-state index is 12.6. The van der Waals surface area contributed by atoms with Gasteiger partial charge in [0.2, 0.25) is 5.91 Å². The van der Waals surface area contributed by atoms with E-state index in [4.69, 9.17) is 4.74 Å². The molecule has 24 heavy (non-hydrogen) atoms. The third kappa shape index (κ3) is 2.51. The predicted molar refractivity (Wildman–Crippen MR) is 92.7 cm³/mol. The van der Waals surface area contributed by atoms with Crippen molar-refractivity contribution in [3.8, 4) is 0 Å². The number of carbonyl (C=O) groups is 1. The Balaban J connectivity index is 1.43. The number of hydrogen-bond donors (Lipinski definition) is 2. The smallest absolute Gasteiger partial charge is 0.224 e. The van der Waals surface area contributed by atoms with Crippen molar-refractivity contribution in [1.29, 1.82) is 0 Å². The van der Waals surface area contributed by atoms with Gasteiger partial charge in [-0.05, 0) is 43.9 Å². The first-order valence-corrected chi connectivity index (χ1v) is 9.05. The van der Waals surface area contributed by atoms with E-state index in [-0.39, 0.29) is 17.4 Å². The fraction of sp³-hybridized carbons (Fsp3) is 0.579. The number of carbonyl (C=O) groups excluding carboxylic acids is 1. The van der Waals surface area contributed by atoms with Crippen LogP contribution in [0.25, 0.3) is 11.0 Å². The minimum absolute atomic E-state index is 0.103. The molecule has 1 amide bonds. The Morgan fingerprint density at radius 1 is 1.46 bits per heavy atom. The van der Waals surface area contributed by atoms with Crippen molar-refractivity contribution < 1.29 is 9.53 Å². The third-order valence-electron chi connectivity index (χ3n) is 5.91. The lowest BCUT2D eigenvalue weighted by molar-refractivity contribution is -0.143. The van der Waals surface area contributed by atoms with Crippen LogP contribution in [0.15, 0.2) is 24.5 Å². The van der Waals surface area contributed by atoms with Crippen molar-refractivity contribution in [3.05, 3.63) is 30.1 Å². The molecule has 2 aromatic rings. The zero-order chi connectivity index (χ0) is 16.6. The van der Waals surface area contributed by atoms with Crippen LogP contribution in [0.3, 0.4) is 0 Å². The van der Waals surface area contributed by atoms with E-state index in [1.165, 1.54) is 25.7 Å². The number of fused-ring (bicyclic) bond motifs is 1. The van der Waals surface area contributed by atoms with E-state index < -0.39 is 0 Å². The van der Waals surface area contributed by atoms with Crippen LogP contribution in [0.4, 0.5) is 0 Å². The first kappa shape index (κ1) is 15.6. The summed E-state index contributed by atoms with van der Waals surface area (Å²) < 4.78 is 5.93. The Hall–Kier alpha value is -1.88. The molecule has 128 valence electrons. The average molecular weight is 327 g/mol. The summed E-state index contributed by atoms with van der Waals surface area (Å²) in [6.07, 6.45) is 10.2. The Bertz CT molecular complexity index is 733. The van der Waals surface area contributed by atoms with E-state index in [0.717, 1.165) is 29.6 Å². The second-order valence-electron chi connectivity index (χ2n) is 7.13. The Kier molecular flexibility index (Phi) is 4.04. The Morgan fingerprint density at radius 3 is 3.08 bits per heavy atom. The summed E-state index contributed by atoms with van der Waals surface area (Å²) in [6.45, 7) is 2.81. The second kappa shape index (κ2) is 6.20. The summed E-state index contributed by atoms with van der Waals surface area (Å²) in [6, 6.07) is 4.19. The molecule has 5 heteroatoms. The number of nitrogens with zero attached hydrogens (tertiary/aromatic N) is 1. The van der Waals surface area contributed by atoms with Gasteiger partial charge in [-0.1, -0.05) is 12.8 Å². The standard InChI is InChI=1S/C19H25N3O2/c1-2-24-16-11-15(19(16)7-3-4-8-19)22-17(23)10-13-12-21-18-14(13)6-5-9-20-18/h5-6,9,12,15-16H,2-4,7-8,10-11H2,1H3,(H,20,21)(H,22,23)/t15-,16-/m0/s1. The van der Waals surface area contributed by atoms with Gasteiger partial charge in [0.05, 0.1) is 12.5 Å². The van der Waals surface area contributed by atoms with Crippen LogP contribution in [-0.4, -0.2) is 34.6 Å². The monoisotopic (exact) mass is 327 g/mol. The molecule has 2 saturated carbocycles. The molecule has 2 N–H and O–H groups in total. The Labute approximate surface area is 142 Å². The molecule has 2 fully saturated rings. The second-order valence-corrected chi connectivity index (χ2v) is 7.13. The molecule has 2 aliphatic rings. The molecule has 0 radical (unpaired) electrons. The van der Waals surface area contributed by atoms with E-state index in [2.05, 4.69) is 22.2 Å². The Morgan fingerprint density at radius 2 is 2.29 bits per heavy atom. The molecule has 2 atom stereocenters. The topological polar surface area (TPSA) is 67.0 Å². The molecular weight excluding hydrogens is 302 g/mol. The summed E-state index contributed by atoms with van der Waals surface area (Å²) in [5.41, 5.74) is 2.04. The van der Waals surface area contributed by atoms with Crippen LogP contribution in [0.1, 0.15) is 44.6 Å². The molecule has 2 aromatic heterocycles. The number of aromatic nitrogens is 2. The molecular formula is C19H25N3O2. The van der Waals surface area contributed by atoms with Gasteiger partial charge in [-0.3, -0.25) is 4.79 Å². The lowest BCUT2D eigenvalue weighted by Crippen LogP contribution is -2.63. The maximum atomic E-state index is 12.6. The molecule has 0 aliphatic heterocycles. The highest BCUT2D eigenvalue weighted by Crippen LogP contribution is 2.54. The van der Waals surface area contributed by atoms with Crippen LogP contribution in [-0.2, 0) is 16.0 Å². The highest BCUT2D eigenvalue weighted by Gasteiger charge is 2.57. The summed E-state index contributed by atoms with van der Waals surface area (Å²) in [5.74, 6) is 0.103. The number of amides is 1. The number of ether oxygens (including phenoxy) is 1. The summed E-state index contributed by atoms with van der Waals surface area (Å²) in [5, 5.41) is 4.32. The van der Waals surface area contributed by atoms with E-state index in [1.807, 2.05) is 18.3 Å². The van der Waals surface area contributed by atoms with Gasteiger partial charge >= 0.3 is 0 Å². The normalized spacial score (nSPS) is 25.0.